The monoisotopic (exact) mass is 222 g/mol. The molecule has 1 aliphatic carbocycles. The Hall–Kier alpha value is -1.16. The zero-order chi connectivity index (χ0) is 10.3. The Morgan fingerprint density at radius 3 is 2.87 bits per heavy atom. The van der Waals surface area contributed by atoms with Gasteiger partial charge in [-0.15, -0.1) is 0 Å². The molecule has 0 radical (unpaired) electrons. The van der Waals surface area contributed by atoms with Gasteiger partial charge in [0.15, 0.2) is 5.65 Å². The highest BCUT2D eigenvalue weighted by Crippen LogP contribution is 2.31. The summed E-state index contributed by atoms with van der Waals surface area (Å²) in [6.45, 7) is 0. The van der Waals surface area contributed by atoms with Crippen molar-refractivity contribution in [3.05, 3.63) is 17.8 Å². The van der Waals surface area contributed by atoms with Crippen LogP contribution < -0.4 is 0 Å². The van der Waals surface area contributed by atoms with Crippen molar-refractivity contribution < 1.29 is 0 Å². The molecule has 5 heteroatoms. The molecule has 0 N–H and O–H groups in total. The van der Waals surface area contributed by atoms with Crippen molar-refractivity contribution in [2.24, 2.45) is 0 Å². The van der Waals surface area contributed by atoms with Crippen molar-refractivity contribution in [1.82, 2.24) is 19.5 Å². The molecule has 0 amide bonds. The molecule has 0 bridgehead atoms. The lowest BCUT2D eigenvalue weighted by Crippen LogP contribution is -2.03. The van der Waals surface area contributed by atoms with Gasteiger partial charge in [0.25, 0.3) is 0 Å². The number of hydrogen-bond donors (Lipinski definition) is 0. The molecule has 0 unspecified atom stereocenters. The van der Waals surface area contributed by atoms with Gasteiger partial charge in [0, 0.05) is 6.04 Å². The van der Waals surface area contributed by atoms with E-state index in [0.717, 1.165) is 11.2 Å². The summed E-state index contributed by atoms with van der Waals surface area (Å²) < 4.78 is 2.13. The molecule has 0 aliphatic heterocycles. The molecule has 2 aromatic rings. The van der Waals surface area contributed by atoms with Gasteiger partial charge in [0.05, 0.1) is 12.5 Å². The number of rotatable bonds is 1. The molecule has 15 heavy (non-hydrogen) atoms. The molecule has 2 heterocycles. The fraction of sp³-hybridized carbons (Fsp3) is 0.500. The van der Waals surface area contributed by atoms with Crippen molar-refractivity contribution in [2.75, 3.05) is 0 Å². The molecule has 78 valence electrons. The second-order valence-corrected chi connectivity index (χ2v) is 4.28. The maximum absolute atomic E-state index is 5.79. The maximum atomic E-state index is 5.79. The van der Waals surface area contributed by atoms with Gasteiger partial charge < -0.3 is 4.57 Å². The van der Waals surface area contributed by atoms with Gasteiger partial charge in [-0.25, -0.2) is 9.97 Å². The molecule has 0 aromatic carbocycles. The van der Waals surface area contributed by atoms with Crippen LogP contribution in [0.1, 0.15) is 31.7 Å². The van der Waals surface area contributed by atoms with Gasteiger partial charge in [-0.1, -0.05) is 12.8 Å². The van der Waals surface area contributed by atoms with E-state index >= 15 is 0 Å². The summed E-state index contributed by atoms with van der Waals surface area (Å²) in [5, 5.41) is 0.294. The highest BCUT2D eigenvalue weighted by molar-refractivity contribution is 6.28. The van der Waals surface area contributed by atoms with Gasteiger partial charge in [0.1, 0.15) is 5.52 Å². The van der Waals surface area contributed by atoms with Crippen LogP contribution in [0.25, 0.3) is 11.2 Å². The first-order valence-electron chi connectivity index (χ1n) is 5.19. The zero-order valence-corrected chi connectivity index (χ0v) is 8.98. The van der Waals surface area contributed by atoms with Gasteiger partial charge in [-0.2, -0.15) is 4.98 Å². The zero-order valence-electron chi connectivity index (χ0n) is 8.23. The van der Waals surface area contributed by atoms with Crippen molar-refractivity contribution in [1.29, 1.82) is 0 Å². The summed E-state index contributed by atoms with van der Waals surface area (Å²) in [6, 6.07) is 0.543. The van der Waals surface area contributed by atoms with E-state index in [9.17, 15) is 0 Å². The Morgan fingerprint density at radius 2 is 2.07 bits per heavy atom. The van der Waals surface area contributed by atoms with Crippen LogP contribution in [0.5, 0.6) is 0 Å². The third-order valence-electron chi connectivity index (χ3n) is 3.00. The average Bonchev–Trinajstić information content (AvgIpc) is 2.83. The van der Waals surface area contributed by atoms with Gasteiger partial charge in [-0.05, 0) is 24.4 Å². The first-order chi connectivity index (χ1) is 7.34. The third-order valence-corrected chi connectivity index (χ3v) is 3.19. The summed E-state index contributed by atoms with van der Waals surface area (Å²) in [6.07, 6.45) is 8.55. The molecule has 1 aliphatic rings. The van der Waals surface area contributed by atoms with Crippen molar-refractivity contribution in [3.63, 3.8) is 0 Å². The second kappa shape index (κ2) is 3.45. The summed E-state index contributed by atoms with van der Waals surface area (Å²) in [5.74, 6) is 0. The molecule has 1 fully saturated rings. The van der Waals surface area contributed by atoms with E-state index in [-0.39, 0.29) is 0 Å². The summed E-state index contributed by atoms with van der Waals surface area (Å²) in [5.41, 5.74) is 1.69. The molecule has 0 spiro atoms. The van der Waals surface area contributed by atoms with Crippen molar-refractivity contribution >= 4 is 22.8 Å². The van der Waals surface area contributed by atoms with Crippen LogP contribution in [-0.4, -0.2) is 19.5 Å². The van der Waals surface area contributed by atoms with Crippen LogP contribution in [0.2, 0.25) is 5.28 Å². The van der Waals surface area contributed by atoms with E-state index < -0.39 is 0 Å². The standard InChI is InChI=1S/C10H11ClN4/c11-10-12-5-8-9(14-10)15(6-13-8)7-3-1-2-4-7/h5-7H,1-4H2. The van der Waals surface area contributed by atoms with Crippen LogP contribution in [0.4, 0.5) is 0 Å². The Labute approximate surface area is 92.3 Å². The minimum atomic E-state index is 0.294. The predicted octanol–water partition coefficient (Wildman–Crippen LogP) is 2.59. The topological polar surface area (TPSA) is 43.6 Å². The molecule has 3 rings (SSSR count). The molecule has 2 aromatic heterocycles. The fourth-order valence-electron chi connectivity index (χ4n) is 2.26. The van der Waals surface area contributed by atoms with E-state index in [1.807, 2.05) is 6.33 Å². The molecule has 0 saturated heterocycles. The maximum Gasteiger partial charge on any atom is 0.224 e. The number of fused-ring (bicyclic) bond motifs is 1. The Kier molecular flexibility index (Phi) is 2.09. The lowest BCUT2D eigenvalue weighted by Gasteiger charge is -2.10. The molecule has 4 nitrogen and oxygen atoms in total. The van der Waals surface area contributed by atoms with Crippen molar-refractivity contribution in [3.8, 4) is 0 Å². The van der Waals surface area contributed by atoms with E-state index in [2.05, 4.69) is 19.5 Å². The quantitative estimate of drug-likeness (QED) is 0.697. The minimum absolute atomic E-state index is 0.294. The molecule has 0 atom stereocenters. The number of halogens is 1. The second-order valence-electron chi connectivity index (χ2n) is 3.94. The van der Waals surface area contributed by atoms with Crippen LogP contribution in [0.3, 0.4) is 0 Å². The Bertz CT molecular complexity index is 487. The van der Waals surface area contributed by atoms with Gasteiger partial charge in [-0.3, -0.25) is 0 Å². The van der Waals surface area contributed by atoms with Crippen LogP contribution in [0, 0.1) is 0 Å². The highest BCUT2D eigenvalue weighted by atomic mass is 35.5. The first-order valence-corrected chi connectivity index (χ1v) is 5.57. The first kappa shape index (κ1) is 9.09. The SMILES string of the molecule is Clc1ncc2ncn(C3CCCC3)c2n1. The molecular weight excluding hydrogens is 212 g/mol. The normalized spacial score (nSPS) is 17.7. The van der Waals surface area contributed by atoms with E-state index in [1.54, 1.807) is 6.20 Å². The largest absolute Gasteiger partial charge is 0.312 e. The minimum Gasteiger partial charge on any atom is -0.312 e. The third kappa shape index (κ3) is 1.49. The van der Waals surface area contributed by atoms with Crippen LogP contribution in [-0.2, 0) is 0 Å². The van der Waals surface area contributed by atoms with E-state index in [4.69, 9.17) is 11.6 Å². The number of nitrogens with zero attached hydrogens (tertiary/aromatic N) is 4. The average molecular weight is 223 g/mol. The molecular formula is C10H11ClN4. The van der Waals surface area contributed by atoms with Crippen LogP contribution >= 0.6 is 11.6 Å². The smallest absolute Gasteiger partial charge is 0.224 e. The highest BCUT2D eigenvalue weighted by Gasteiger charge is 2.19. The summed E-state index contributed by atoms with van der Waals surface area (Å²) >= 11 is 5.79. The number of aromatic nitrogens is 4. The van der Waals surface area contributed by atoms with Gasteiger partial charge in [0.2, 0.25) is 5.28 Å². The van der Waals surface area contributed by atoms with E-state index in [1.165, 1.54) is 25.7 Å². The van der Waals surface area contributed by atoms with E-state index in [0.29, 0.717) is 11.3 Å². The Morgan fingerprint density at radius 1 is 1.27 bits per heavy atom. The van der Waals surface area contributed by atoms with Crippen molar-refractivity contribution in [2.45, 2.75) is 31.7 Å². The van der Waals surface area contributed by atoms with Gasteiger partial charge >= 0.3 is 0 Å². The van der Waals surface area contributed by atoms with Crippen LogP contribution in [0.15, 0.2) is 12.5 Å². The number of imidazole rings is 1. The fourth-order valence-corrected chi connectivity index (χ4v) is 2.38. The summed E-state index contributed by atoms with van der Waals surface area (Å²) in [7, 11) is 0. The molecule has 1 saturated carbocycles. The lowest BCUT2D eigenvalue weighted by molar-refractivity contribution is 0.529. The number of hydrogen-bond acceptors (Lipinski definition) is 3. The lowest BCUT2D eigenvalue weighted by atomic mass is 10.2. The Balaban J connectivity index is 2.13. The predicted molar refractivity (Wildman–Crippen MR) is 57.8 cm³/mol. The summed E-state index contributed by atoms with van der Waals surface area (Å²) in [4.78, 5) is 12.4.